The molecule has 96 valence electrons. The molecule has 0 aliphatic heterocycles. The van der Waals surface area contributed by atoms with Gasteiger partial charge in [0.1, 0.15) is 0 Å². The molecule has 0 saturated carbocycles. The number of aromatic nitrogens is 2. The van der Waals surface area contributed by atoms with E-state index in [0.29, 0.717) is 7.18 Å². The zero-order valence-corrected chi connectivity index (χ0v) is 11.7. The molecule has 0 aliphatic rings. The van der Waals surface area contributed by atoms with Crippen LogP contribution >= 0.6 is 0 Å². The van der Waals surface area contributed by atoms with Crippen LogP contribution in [0, 0.1) is 0 Å². The van der Waals surface area contributed by atoms with Crippen LogP contribution in [0.15, 0.2) is 17.8 Å². The summed E-state index contributed by atoms with van der Waals surface area (Å²) in [5.41, 5.74) is 4.86. The molecule has 0 radical (unpaired) electrons. The highest BCUT2D eigenvalue weighted by atomic mass is 19.1. The van der Waals surface area contributed by atoms with Gasteiger partial charge in [-0.05, 0) is 32.8 Å². The molecule has 0 atom stereocenters. The van der Waals surface area contributed by atoms with Gasteiger partial charge in [0.15, 0.2) is 0 Å². The third-order valence-electron chi connectivity index (χ3n) is 2.19. The highest BCUT2D eigenvalue weighted by Gasteiger charge is 2.06. The number of halogens is 1. The first-order valence-electron chi connectivity index (χ1n) is 5.78. The molecule has 0 spiro atoms. The molecule has 0 amide bonds. The number of hydrogen-bond donors (Lipinski definition) is 0. The zero-order valence-electron chi connectivity index (χ0n) is 11.7. The van der Waals surface area contributed by atoms with Crippen molar-refractivity contribution in [2.45, 2.75) is 34.1 Å². The number of nitrogens with zero attached hydrogens (tertiary/aromatic N) is 2. The van der Waals surface area contributed by atoms with Gasteiger partial charge in [0.25, 0.3) is 0 Å². The second-order valence-corrected chi connectivity index (χ2v) is 4.12. The fourth-order valence-electron chi connectivity index (χ4n) is 1.63. The minimum atomic E-state index is 0.500. The highest BCUT2D eigenvalue weighted by molar-refractivity contribution is 5.70. The Labute approximate surface area is 104 Å². The van der Waals surface area contributed by atoms with Gasteiger partial charge in [-0.15, -0.1) is 0 Å². The van der Waals surface area contributed by atoms with Crippen LogP contribution in [-0.4, -0.2) is 17.0 Å². The molecule has 0 fully saturated rings. The van der Waals surface area contributed by atoms with E-state index in [1.165, 1.54) is 16.7 Å². The lowest BCUT2D eigenvalue weighted by Gasteiger charge is -1.98. The molecule has 0 aliphatic carbocycles. The van der Waals surface area contributed by atoms with E-state index in [4.69, 9.17) is 0 Å². The van der Waals surface area contributed by atoms with Gasteiger partial charge >= 0.3 is 0 Å². The zero-order chi connectivity index (χ0) is 13.4. The standard InChI is InChI=1S/C13H20N2.CH3F/c1-6-7-11(4)13-12(8-10(2)3)9-15(5)14-13;1-2/h7-9H,6H2,1-5H3;1H3/b11-7+;. The van der Waals surface area contributed by atoms with E-state index in [1.807, 2.05) is 11.7 Å². The molecular formula is C14H23FN2. The quantitative estimate of drug-likeness (QED) is 0.770. The van der Waals surface area contributed by atoms with Crippen molar-refractivity contribution < 1.29 is 4.39 Å². The van der Waals surface area contributed by atoms with Crippen LogP contribution in [0.2, 0.25) is 0 Å². The van der Waals surface area contributed by atoms with Crippen LogP contribution in [0.3, 0.4) is 0 Å². The molecule has 1 rings (SSSR count). The highest BCUT2D eigenvalue weighted by Crippen LogP contribution is 2.19. The summed E-state index contributed by atoms with van der Waals surface area (Å²) in [6, 6.07) is 0. The van der Waals surface area contributed by atoms with Gasteiger partial charge in [0.2, 0.25) is 0 Å². The Bertz CT molecular complexity index is 396. The Morgan fingerprint density at radius 2 is 1.94 bits per heavy atom. The van der Waals surface area contributed by atoms with Crippen LogP contribution < -0.4 is 0 Å². The fourth-order valence-corrected chi connectivity index (χ4v) is 1.63. The Morgan fingerprint density at radius 1 is 1.35 bits per heavy atom. The molecule has 17 heavy (non-hydrogen) atoms. The van der Waals surface area contributed by atoms with Crippen LogP contribution in [0.25, 0.3) is 11.6 Å². The van der Waals surface area contributed by atoms with Gasteiger partial charge in [-0.25, -0.2) is 0 Å². The molecule has 1 aromatic rings. The van der Waals surface area contributed by atoms with Crippen molar-refractivity contribution in [3.63, 3.8) is 0 Å². The van der Waals surface area contributed by atoms with Gasteiger partial charge in [0, 0.05) is 18.8 Å². The van der Waals surface area contributed by atoms with Crippen molar-refractivity contribution in [1.82, 2.24) is 9.78 Å². The third kappa shape index (κ3) is 4.98. The van der Waals surface area contributed by atoms with E-state index < -0.39 is 0 Å². The fraction of sp³-hybridized carbons (Fsp3) is 0.500. The number of hydrogen-bond acceptors (Lipinski definition) is 1. The summed E-state index contributed by atoms with van der Waals surface area (Å²) in [6.45, 7) is 8.48. The summed E-state index contributed by atoms with van der Waals surface area (Å²) < 4.78 is 11.4. The van der Waals surface area contributed by atoms with Crippen LogP contribution in [0.5, 0.6) is 0 Å². The first-order valence-corrected chi connectivity index (χ1v) is 5.78. The van der Waals surface area contributed by atoms with E-state index >= 15 is 0 Å². The van der Waals surface area contributed by atoms with E-state index in [0.717, 1.165) is 12.1 Å². The van der Waals surface area contributed by atoms with Crippen LogP contribution in [0.4, 0.5) is 4.39 Å². The van der Waals surface area contributed by atoms with Gasteiger partial charge < -0.3 is 0 Å². The average Bonchev–Trinajstić information content (AvgIpc) is 2.62. The van der Waals surface area contributed by atoms with E-state index in [1.54, 1.807) is 0 Å². The summed E-state index contributed by atoms with van der Waals surface area (Å²) in [6.07, 6.45) is 7.51. The monoisotopic (exact) mass is 238 g/mol. The van der Waals surface area contributed by atoms with Gasteiger partial charge in [-0.1, -0.05) is 24.6 Å². The lowest BCUT2D eigenvalue weighted by Crippen LogP contribution is -1.89. The maximum absolute atomic E-state index is 9.50. The smallest absolute Gasteiger partial charge is 0.0949 e. The molecule has 0 aromatic carbocycles. The lowest BCUT2D eigenvalue weighted by molar-refractivity contribution is 0.636. The molecule has 1 aromatic heterocycles. The predicted octanol–water partition coefficient (Wildman–Crippen LogP) is 4.24. The predicted molar refractivity (Wildman–Crippen MR) is 73.5 cm³/mol. The van der Waals surface area contributed by atoms with E-state index in [2.05, 4.69) is 51.1 Å². The minimum absolute atomic E-state index is 0.500. The molecule has 3 heteroatoms. The van der Waals surface area contributed by atoms with Gasteiger partial charge in [-0.2, -0.15) is 5.10 Å². The van der Waals surface area contributed by atoms with Crippen molar-refractivity contribution in [1.29, 1.82) is 0 Å². The van der Waals surface area contributed by atoms with Crippen LogP contribution in [-0.2, 0) is 7.05 Å². The Hall–Kier alpha value is -1.38. The molecule has 0 unspecified atom stereocenters. The summed E-state index contributed by atoms with van der Waals surface area (Å²) in [7, 11) is 2.46. The summed E-state index contributed by atoms with van der Waals surface area (Å²) >= 11 is 0. The van der Waals surface area contributed by atoms with Crippen molar-refractivity contribution >= 4 is 11.6 Å². The number of alkyl halides is 1. The summed E-state index contributed by atoms with van der Waals surface area (Å²) in [4.78, 5) is 0. The molecule has 1 heterocycles. The van der Waals surface area contributed by atoms with Gasteiger partial charge in [0.05, 0.1) is 12.9 Å². The first-order chi connectivity index (χ1) is 8.04. The first kappa shape index (κ1) is 15.6. The Kier molecular flexibility index (Phi) is 7.19. The second-order valence-electron chi connectivity index (χ2n) is 4.12. The normalized spacial score (nSPS) is 10.6. The number of allylic oxidation sites excluding steroid dienone is 3. The van der Waals surface area contributed by atoms with Crippen molar-refractivity contribution in [2.75, 3.05) is 7.18 Å². The second kappa shape index (κ2) is 7.82. The topological polar surface area (TPSA) is 17.8 Å². The van der Waals surface area contributed by atoms with E-state index in [-0.39, 0.29) is 0 Å². The molecule has 2 nitrogen and oxygen atoms in total. The lowest BCUT2D eigenvalue weighted by atomic mass is 10.1. The Balaban J connectivity index is 0.00000121. The van der Waals surface area contributed by atoms with Gasteiger partial charge in [-0.3, -0.25) is 9.07 Å². The maximum atomic E-state index is 9.50. The van der Waals surface area contributed by atoms with Crippen molar-refractivity contribution in [3.05, 3.63) is 29.1 Å². The maximum Gasteiger partial charge on any atom is 0.0949 e. The van der Waals surface area contributed by atoms with Crippen molar-refractivity contribution in [2.24, 2.45) is 7.05 Å². The summed E-state index contributed by atoms with van der Waals surface area (Å²) in [5, 5.41) is 4.49. The molecular weight excluding hydrogens is 215 g/mol. The largest absolute Gasteiger partial charge is 0.275 e. The summed E-state index contributed by atoms with van der Waals surface area (Å²) in [5.74, 6) is 0. The Morgan fingerprint density at radius 3 is 2.41 bits per heavy atom. The molecule has 0 saturated heterocycles. The van der Waals surface area contributed by atoms with Crippen LogP contribution in [0.1, 0.15) is 45.4 Å². The minimum Gasteiger partial charge on any atom is -0.275 e. The number of aryl methyl sites for hydroxylation is 1. The molecule has 0 bridgehead atoms. The SMILES string of the molecule is CC/C=C(\C)c1nn(C)cc1C=C(C)C.CF. The number of rotatable bonds is 3. The van der Waals surface area contributed by atoms with Crippen molar-refractivity contribution in [3.8, 4) is 0 Å². The third-order valence-corrected chi connectivity index (χ3v) is 2.19. The average molecular weight is 238 g/mol. The molecule has 0 N–H and O–H groups in total. The van der Waals surface area contributed by atoms with E-state index in [9.17, 15) is 4.39 Å².